The molecule has 0 amide bonds. The highest BCUT2D eigenvalue weighted by molar-refractivity contribution is 9.09. The molecule has 1 heterocycles. The molecule has 0 aliphatic carbocycles. The van der Waals surface area contributed by atoms with E-state index in [0.29, 0.717) is 11.5 Å². The van der Waals surface area contributed by atoms with Gasteiger partial charge in [0.15, 0.2) is 23.7 Å². The van der Waals surface area contributed by atoms with Crippen molar-refractivity contribution in [1.29, 1.82) is 5.26 Å². The van der Waals surface area contributed by atoms with Gasteiger partial charge in [-0.1, -0.05) is 52.3 Å². The van der Waals surface area contributed by atoms with Crippen LogP contribution in [0.4, 0.5) is 0 Å². The minimum atomic E-state index is -0.861. The summed E-state index contributed by atoms with van der Waals surface area (Å²) in [6, 6.07) is 14.1. The van der Waals surface area contributed by atoms with Crippen LogP contribution in [0.25, 0.3) is 0 Å². The van der Waals surface area contributed by atoms with Crippen molar-refractivity contribution in [3.63, 3.8) is 0 Å². The van der Waals surface area contributed by atoms with E-state index in [1.54, 1.807) is 26.8 Å². The van der Waals surface area contributed by atoms with Gasteiger partial charge < -0.3 is 14.2 Å². The Morgan fingerprint density at radius 3 is 2.55 bits per heavy atom. The molecule has 6 nitrogen and oxygen atoms in total. The lowest BCUT2D eigenvalue weighted by Crippen LogP contribution is -2.44. The molecule has 1 aliphatic rings. The molecule has 0 fully saturated rings. The summed E-state index contributed by atoms with van der Waals surface area (Å²) in [5, 5.41) is 9.86. The number of hydrogen-bond donors (Lipinski definition) is 0. The number of alkyl halides is 1. The predicted molar refractivity (Wildman–Crippen MR) is 111 cm³/mol. The van der Waals surface area contributed by atoms with Crippen LogP contribution in [-0.2, 0) is 16.1 Å². The molecule has 3 rings (SSSR count). The Balaban J connectivity index is 1.93. The van der Waals surface area contributed by atoms with Crippen molar-refractivity contribution in [3.8, 4) is 17.7 Å². The fraction of sp³-hybridized carbons (Fsp3) is 0.364. The molecule has 0 unspecified atom stereocenters. The van der Waals surface area contributed by atoms with E-state index in [2.05, 4.69) is 22.1 Å². The van der Waals surface area contributed by atoms with Crippen LogP contribution in [0.5, 0.6) is 11.5 Å². The lowest BCUT2D eigenvalue weighted by molar-refractivity contribution is -0.160. The predicted octanol–water partition coefficient (Wildman–Crippen LogP) is 4.54. The molecule has 7 heteroatoms. The first-order valence-corrected chi connectivity index (χ1v) is 10.2. The van der Waals surface area contributed by atoms with Crippen LogP contribution >= 0.6 is 15.9 Å². The summed E-state index contributed by atoms with van der Waals surface area (Å²) < 4.78 is 16.5. The van der Waals surface area contributed by atoms with E-state index >= 15 is 0 Å². The van der Waals surface area contributed by atoms with Gasteiger partial charge in [0.1, 0.15) is 5.60 Å². The SMILES string of the molecule is CC(C)(C)OC(=O)[C@@H]([C@H](Br)c1ccc2c(c1)OCO2)N(C#N)Cc1ccccc1. The van der Waals surface area contributed by atoms with Crippen LogP contribution in [0.3, 0.4) is 0 Å². The Morgan fingerprint density at radius 1 is 1.21 bits per heavy atom. The van der Waals surface area contributed by atoms with Gasteiger partial charge >= 0.3 is 5.97 Å². The zero-order valence-corrected chi connectivity index (χ0v) is 18.2. The van der Waals surface area contributed by atoms with Gasteiger partial charge in [0.25, 0.3) is 0 Å². The van der Waals surface area contributed by atoms with Crippen molar-refractivity contribution < 1.29 is 19.0 Å². The van der Waals surface area contributed by atoms with Crippen LogP contribution in [0.1, 0.15) is 36.7 Å². The smallest absolute Gasteiger partial charge is 0.331 e. The molecule has 2 atom stereocenters. The number of carbonyl (C=O) groups excluding carboxylic acids is 1. The number of rotatable bonds is 6. The first-order valence-electron chi connectivity index (χ1n) is 9.25. The Hall–Kier alpha value is -2.72. The monoisotopic (exact) mass is 458 g/mol. The number of halogens is 1. The first-order chi connectivity index (χ1) is 13.8. The molecule has 0 saturated heterocycles. The maximum absolute atomic E-state index is 13.1. The highest BCUT2D eigenvalue weighted by Gasteiger charge is 2.37. The van der Waals surface area contributed by atoms with E-state index in [1.165, 1.54) is 4.90 Å². The Bertz CT molecular complexity index is 905. The largest absolute Gasteiger partial charge is 0.458 e. The van der Waals surface area contributed by atoms with Crippen LogP contribution < -0.4 is 9.47 Å². The maximum atomic E-state index is 13.1. The lowest BCUT2D eigenvalue weighted by atomic mass is 10.0. The van der Waals surface area contributed by atoms with Gasteiger partial charge in [-0.3, -0.25) is 4.90 Å². The van der Waals surface area contributed by atoms with E-state index in [0.717, 1.165) is 11.1 Å². The zero-order chi connectivity index (χ0) is 21.0. The summed E-state index contributed by atoms with van der Waals surface area (Å²) in [5.74, 6) is 0.791. The normalized spacial score (nSPS) is 14.6. The van der Waals surface area contributed by atoms with Gasteiger partial charge in [-0.25, -0.2) is 4.79 Å². The van der Waals surface area contributed by atoms with Gasteiger partial charge in [-0.2, -0.15) is 5.26 Å². The van der Waals surface area contributed by atoms with Crippen molar-refractivity contribution in [1.82, 2.24) is 4.90 Å². The summed E-state index contributed by atoms with van der Waals surface area (Å²) >= 11 is 3.63. The van der Waals surface area contributed by atoms with Gasteiger partial charge in [-0.15, -0.1) is 0 Å². The minimum absolute atomic E-state index is 0.166. The first kappa shape index (κ1) is 21.0. The number of nitriles is 1. The van der Waals surface area contributed by atoms with E-state index in [9.17, 15) is 10.1 Å². The third kappa shape index (κ3) is 5.21. The van der Waals surface area contributed by atoms with Crippen LogP contribution in [0, 0.1) is 11.5 Å². The number of nitrogens with zero attached hydrogens (tertiary/aromatic N) is 2. The molecule has 29 heavy (non-hydrogen) atoms. The quantitative estimate of drug-likeness (QED) is 0.273. The Labute approximate surface area is 179 Å². The molecule has 152 valence electrons. The molecule has 0 N–H and O–H groups in total. The topological polar surface area (TPSA) is 71.8 Å². The minimum Gasteiger partial charge on any atom is -0.458 e. The van der Waals surface area contributed by atoms with Gasteiger partial charge in [0, 0.05) is 0 Å². The van der Waals surface area contributed by atoms with E-state index in [1.807, 2.05) is 42.5 Å². The number of fused-ring (bicyclic) bond motifs is 1. The van der Waals surface area contributed by atoms with Crippen molar-refractivity contribution in [2.45, 2.75) is 43.8 Å². The van der Waals surface area contributed by atoms with Gasteiger partial charge in [0.05, 0.1) is 11.4 Å². The third-order valence-corrected chi connectivity index (χ3v) is 5.33. The molecule has 1 aliphatic heterocycles. The highest BCUT2D eigenvalue weighted by Crippen LogP contribution is 2.39. The number of benzene rings is 2. The number of esters is 1. The molecule has 0 aromatic heterocycles. The van der Waals surface area contributed by atoms with Gasteiger partial charge in [0.2, 0.25) is 6.79 Å². The number of ether oxygens (including phenoxy) is 3. The standard InChI is InChI=1S/C22H23BrN2O4/c1-22(2,3)29-21(26)20(25(13-24)12-15-7-5-4-6-8-15)19(23)16-9-10-17-18(11-16)28-14-27-17/h4-11,19-20H,12,14H2,1-3H3/t19-,20-/m1/s1. The highest BCUT2D eigenvalue weighted by atomic mass is 79.9. The summed E-state index contributed by atoms with van der Waals surface area (Å²) in [5.41, 5.74) is 1.04. The summed E-state index contributed by atoms with van der Waals surface area (Å²) in [4.78, 5) is 14.0. The Morgan fingerprint density at radius 2 is 1.90 bits per heavy atom. The zero-order valence-electron chi connectivity index (χ0n) is 16.6. The molecule has 2 aromatic rings. The second-order valence-corrected chi connectivity index (χ2v) is 8.69. The maximum Gasteiger partial charge on any atom is 0.331 e. The van der Waals surface area contributed by atoms with E-state index in [4.69, 9.17) is 14.2 Å². The average molecular weight is 459 g/mol. The van der Waals surface area contributed by atoms with Crippen LogP contribution in [-0.4, -0.2) is 29.3 Å². The van der Waals surface area contributed by atoms with Crippen LogP contribution in [0.2, 0.25) is 0 Å². The lowest BCUT2D eigenvalue weighted by Gasteiger charge is -2.32. The molecular formula is C22H23BrN2O4. The molecular weight excluding hydrogens is 436 g/mol. The average Bonchev–Trinajstić information content (AvgIpc) is 3.14. The number of carbonyl (C=O) groups is 1. The number of hydrogen-bond acceptors (Lipinski definition) is 6. The molecule has 0 bridgehead atoms. The second-order valence-electron chi connectivity index (χ2n) is 7.71. The summed E-state index contributed by atoms with van der Waals surface area (Å²) in [7, 11) is 0. The summed E-state index contributed by atoms with van der Waals surface area (Å²) in [6.07, 6.45) is 2.17. The van der Waals surface area contributed by atoms with E-state index in [-0.39, 0.29) is 13.3 Å². The second kappa shape index (κ2) is 8.75. The molecule has 2 aromatic carbocycles. The Kier molecular flexibility index (Phi) is 6.33. The van der Waals surface area contributed by atoms with E-state index < -0.39 is 22.4 Å². The molecule has 0 radical (unpaired) electrons. The van der Waals surface area contributed by atoms with Gasteiger partial charge in [-0.05, 0) is 44.0 Å². The van der Waals surface area contributed by atoms with Crippen molar-refractivity contribution in [3.05, 3.63) is 59.7 Å². The van der Waals surface area contributed by atoms with Crippen molar-refractivity contribution in [2.24, 2.45) is 0 Å². The van der Waals surface area contributed by atoms with Crippen molar-refractivity contribution >= 4 is 21.9 Å². The summed E-state index contributed by atoms with van der Waals surface area (Å²) in [6.45, 7) is 5.87. The van der Waals surface area contributed by atoms with Crippen LogP contribution in [0.15, 0.2) is 48.5 Å². The fourth-order valence-electron chi connectivity index (χ4n) is 3.01. The molecule has 0 spiro atoms. The third-order valence-electron chi connectivity index (χ3n) is 4.30. The fourth-order valence-corrected chi connectivity index (χ4v) is 3.80. The molecule has 0 saturated carbocycles. The van der Waals surface area contributed by atoms with Crippen molar-refractivity contribution in [2.75, 3.05) is 6.79 Å².